The number of hydrogen-bond acceptors (Lipinski definition) is 2. The van der Waals surface area contributed by atoms with E-state index in [1.807, 2.05) is 13.8 Å². The summed E-state index contributed by atoms with van der Waals surface area (Å²) in [4.78, 5) is 0. The summed E-state index contributed by atoms with van der Waals surface area (Å²) in [6.45, 7) is 4.04. The van der Waals surface area contributed by atoms with Gasteiger partial charge in [-0.25, -0.2) is 0 Å². The van der Waals surface area contributed by atoms with E-state index in [9.17, 15) is 10.2 Å². The predicted molar refractivity (Wildman–Crippen MR) is 65.2 cm³/mol. The van der Waals surface area contributed by atoms with Gasteiger partial charge < -0.3 is 10.2 Å². The molecule has 2 N–H and O–H groups in total. The van der Waals surface area contributed by atoms with Crippen molar-refractivity contribution in [3.63, 3.8) is 0 Å². The molecule has 0 aromatic heterocycles. The summed E-state index contributed by atoms with van der Waals surface area (Å²) in [7, 11) is 0. The van der Waals surface area contributed by atoms with Gasteiger partial charge in [0.1, 0.15) is 11.4 Å². The van der Waals surface area contributed by atoms with E-state index in [0.717, 1.165) is 18.4 Å². The Bertz CT molecular complexity index is 335. The van der Waals surface area contributed by atoms with Gasteiger partial charge in [0.05, 0.1) is 0 Å². The Balaban J connectivity index is 2.22. The second-order valence-corrected chi connectivity index (χ2v) is 5.43. The minimum atomic E-state index is -0.982. The maximum atomic E-state index is 10.7. The zero-order valence-corrected chi connectivity index (χ0v) is 10.3. The van der Waals surface area contributed by atoms with Crippen LogP contribution in [0.5, 0.6) is 0 Å². The molecule has 2 rings (SSSR count). The van der Waals surface area contributed by atoms with Gasteiger partial charge in [0.2, 0.25) is 0 Å². The summed E-state index contributed by atoms with van der Waals surface area (Å²) in [5.74, 6) is 0.419. The maximum absolute atomic E-state index is 10.7. The molecule has 0 amide bonds. The van der Waals surface area contributed by atoms with Crippen molar-refractivity contribution in [1.29, 1.82) is 0 Å². The van der Waals surface area contributed by atoms with E-state index < -0.39 is 5.60 Å². The van der Waals surface area contributed by atoms with Crippen LogP contribution in [0.15, 0.2) is 23.0 Å². The summed E-state index contributed by atoms with van der Waals surface area (Å²) in [6, 6.07) is 0. The molecular weight excluding hydrogens is 200 g/mol. The molecule has 2 heteroatoms. The van der Waals surface area contributed by atoms with Crippen molar-refractivity contribution in [1.82, 2.24) is 0 Å². The van der Waals surface area contributed by atoms with Gasteiger partial charge in [-0.15, -0.1) is 0 Å². The number of aliphatic hydroxyl groups is 2. The summed E-state index contributed by atoms with van der Waals surface area (Å²) in [5.41, 5.74) is 1.31. The molecule has 16 heavy (non-hydrogen) atoms. The lowest BCUT2D eigenvalue weighted by Crippen LogP contribution is -2.42. The molecule has 1 fully saturated rings. The molecule has 0 bridgehead atoms. The first-order valence-electron chi connectivity index (χ1n) is 6.34. The average molecular weight is 222 g/mol. The third-order valence-corrected chi connectivity index (χ3v) is 4.29. The lowest BCUT2D eigenvalue weighted by molar-refractivity contribution is -0.0332. The largest absolute Gasteiger partial charge is 0.509 e. The van der Waals surface area contributed by atoms with Gasteiger partial charge >= 0.3 is 0 Å². The Morgan fingerprint density at radius 1 is 1.19 bits per heavy atom. The average Bonchev–Trinajstić information content (AvgIpc) is 2.28. The zero-order valence-electron chi connectivity index (χ0n) is 10.3. The smallest absolute Gasteiger partial charge is 0.128 e. The summed E-state index contributed by atoms with van der Waals surface area (Å²) in [6.07, 6.45) is 8.07. The van der Waals surface area contributed by atoms with Crippen LogP contribution in [0.4, 0.5) is 0 Å². The van der Waals surface area contributed by atoms with E-state index in [2.05, 4.69) is 0 Å². The maximum Gasteiger partial charge on any atom is 0.128 e. The van der Waals surface area contributed by atoms with Crippen molar-refractivity contribution >= 4 is 0 Å². The van der Waals surface area contributed by atoms with Crippen LogP contribution in [-0.4, -0.2) is 15.8 Å². The number of hydrogen-bond donors (Lipinski definition) is 2. The van der Waals surface area contributed by atoms with Crippen LogP contribution in [0.2, 0.25) is 0 Å². The van der Waals surface area contributed by atoms with Gasteiger partial charge in [-0.3, -0.25) is 0 Å². The monoisotopic (exact) mass is 222 g/mol. The molecule has 0 radical (unpaired) electrons. The Morgan fingerprint density at radius 3 is 2.44 bits per heavy atom. The highest BCUT2D eigenvalue weighted by molar-refractivity contribution is 5.35. The third-order valence-electron chi connectivity index (χ3n) is 4.29. The predicted octanol–water partition coefficient (Wildman–Crippen LogP) is 3.48. The molecule has 0 heterocycles. The molecule has 90 valence electrons. The summed E-state index contributed by atoms with van der Waals surface area (Å²) >= 11 is 0. The Kier molecular flexibility index (Phi) is 3.11. The first kappa shape index (κ1) is 11.7. The molecule has 0 aromatic rings. The third kappa shape index (κ3) is 1.91. The zero-order chi connectivity index (χ0) is 11.8. The minimum absolute atomic E-state index is 0.183. The fourth-order valence-electron chi connectivity index (χ4n) is 3.02. The van der Waals surface area contributed by atoms with Crippen LogP contribution in [0.1, 0.15) is 52.4 Å². The number of aliphatic hydroxyl groups excluding tert-OH is 1. The fraction of sp³-hybridized carbons (Fsp3) is 0.714. The molecule has 0 saturated heterocycles. The number of allylic oxidation sites excluding steroid dienone is 2. The van der Waals surface area contributed by atoms with Gasteiger partial charge in [-0.05, 0) is 44.3 Å². The Hall–Kier alpha value is -0.760. The van der Waals surface area contributed by atoms with Crippen LogP contribution in [0, 0.1) is 5.92 Å². The first-order valence-corrected chi connectivity index (χ1v) is 6.34. The number of rotatable bonds is 1. The lowest BCUT2D eigenvalue weighted by atomic mass is 9.70. The quantitative estimate of drug-likeness (QED) is 0.713. The molecular formula is C14H22O2. The normalized spacial score (nSPS) is 32.8. The summed E-state index contributed by atoms with van der Waals surface area (Å²) in [5, 5.41) is 20.7. The second kappa shape index (κ2) is 4.25. The van der Waals surface area contributed by atoms with Gasteiger partial charge in [-0.1, -0.05) is 24.8 Å². The topological polar surface area (TPSA) is 40.5 Å². The van der Waals surface area contributed by atoms with Crippen LogP contribution in [-0.2, 0) is 0 Å². The van der Waals surface area contributed by atoms with Crippen LogP contribution in [0.3, 0.4) is 0 Å². The Labute approximate surface area is 97.7 Å². The highest BCUT2D eigenvalue weighted by Crippen LogP contribution is 2.42. The van der Waals surface area contributed by atoms with E-state index in [1.165, 1.54) is 24.8 Å². The SMILES string of the molecule is CC1=C(C)CC(O)(C2CCCCC2)C(O)=C1. The van der Waals surface area contributed by atoms with Crippen molar-refractivity contribution in [3.8, 4) is 0 Å². The van der Waals surface area contributed by atoms with Gasteiger partial charge in [0, 0.05) is 6.42 Å². The summed E-state index contributed by atoms with van der Waals surface area (Å²) < 4.78 is 0. The lowest BCUT2D eigenvalue weighted by Gasteiger charge is -2.40. The van der Waals surface area contributed by atoms with Crippen LogP contribution in [0.25, 0.3) is 0 Å². The van der Waals surface area contributed by atoms with Crippen molar-refractivity contribution in [2.24, 2.45) is 5.92 Å². The standard InChI is InChI=1S/C14H22O2/c1-10-8-13(15)14(16,9-11(10)2)12-6-4-3-5-7-12/h8,12,15-16H,3-7,9H2,1-2H3. The molecule has 0 aliphatic heterocycles. The van der Waals surface area contributed by atoms with E-state index in [-0.39, 0.29) is 11.7 Å². The van der Waals surface area contributed by atoms with Gasteiger partial charge in [0.25, 0.3) is 0 Å². The van der Waals surface area contributed by atoms with Crippen molar-refractivity contribution in [3.05, 3.63) is 23.0 Å². The van der Waals surface area contributed by atoms with E-state index in [4.69, 9.17) is 0 Å². The van der Waals surface area contributed by atoms with Gasteiger partial charge in [-0.2, -0.15) is 0 Å². The molecule has 1 unspecified atom stereocenters. The molecule has 0 spiro atoms. The minimum Gasteiger partial charge on any atom is -0.509 e. The molecule has 2 aliphatic rings. The highest BCUT2D eigenvalue weighted by atomic mass is 16.3. The fourth-order valence-corrected chi connectivity index (χ4v) is 3.02. The van der Waals surface area contributed by atoms with Gasteiger partial charge in [0.15, 0.2) is 0 Å². The van der Waals surface area contributed by atoms with Crippen LogP contribution >= 0.6 is 0 Å². The Morgan fingerprint density at radius 2 is 1.81 bits per heavy atom. The molecule has 2 aliphatic carbocycles. The molecule has 0 aromatic carbocycles. The molecule has 2 nitrogen and oxygen atoms in total. The van der Waals surface area contributed by atoms with Crippen molar-refractivity contribution < 1.29 is 10.2 Å². The van der Waals surface area contributed by atoms with E-state index in [0.29, 0.717) is 6.42 Å². The van der Waals surface area contributed by atoms with E-state index in [1.54, 1.807) is 6.08 Å². The first-order chi connectivity index (χ1) is 7.54. The van der Waals surface area contributed by atoms with Crippen molar-refractivity contribution in [2.45, 2.75) is 58.0 Å². The molecule has 1 atom stereocenters. The van der Waals surface area contributed by atoms with Crippen molar-refractivity contribution in [2.75, 3.05) is 0 Å². The van der Waals surface area contributed by atoms with Crippen LogP contribution < -0.4 is 0 Å². The second-order valence-electron chi connectivity index (χ2n) is 5.43. The highest BCUT2D eigenvalue weighted by Gasteiger charge is 2.42. The van der Waals surface area contributed by atoms with E-state index >= 15 is 0 Å². The molecule has 1 saturated carbocycles.